The summed E-state index contributed by atoms with van der Waals surface area (Å²) >= 11 is 0. The van der Waals surface area contributed by atoms with Crippen molar-refractivity contribution in [3.8, 4) is 0 Å². The van der Waals surface area contributed by atoms with Crippen molar-refractivity contribution in [1.29, 1.82) is 0 Å². The number of anilines is 1. The Morgan fingerprint density at radius 3 is 2.52 bits per heavy atom. The Morgan fingerprint density at radius 2 is 1.85 bits per heavy atom. The minimum Gasteiger partial charge on any atom is -0.348 e. The monoisotopic (exact) mass is 383 g/mol. The fourth-order valence-electron chi connectivity index (χ4n) is 3.03. The number of rotatable bonds is 6. The van der Waals surface area contributed by atoms with Crippen LogP contribution in [0.2, 0.25) is 0 Å². The highest BCUT2D eigenvalue weighted by Gasteiger charge is 2.27. The molecule has 1 aliphatic rings. The van der Waals surface area contributed by atoms with Gasteiger partial charge < -0.3 is 9.88 Å². The van der Waals surface area contributed by atoms with E-state index in [0.29, 0.717) is 11.3 Å². The van der Waals surface area contributed by atoms with Gasteiger partial charge in [-0.05, 0) is 68.3 Å². The molecule has 2 N–H and O–H groups in total. The smallest absolute Gasteiger partial charge is 0.255 e. The Balaban J connectivity index is 1.49. The van der Waals surface area contributed by atoms with Crippen LogP contribution in [0, 0.1) is 0 Å². The Morgan fingerprint density at radius 1 is 1.11 bits per heavy atom. The van der Waals surface area contributed by atoms with Gasteiger partial charge in [0.2, 0.25) is 10.0 Å². The van der Waals surface area contributed by atoms with Crippen molar-refractivity contribution < 1.29 is 13.2 Å². The van der Waals surface area contributed by atoms with Gasteiger partial charge in [-0.2, -0.15) is 0 Å². The van der Waals surface area contributed by atoms with E-state index in [1.165, 1.54) is 24.3 Å². The summed E-state index contributed by atoms with van der Waals surface area (Å²) in [5.41, 5.74) is 2.23. The molecule has 0 aliphatic heterocycles. The summed E-state index contributed by atoms with van der Waals surface area (Å²) in [5.74, 6) is -0.275. The lowest BCUT2D eigenvalue weighted by Crippen LogP contribution is -2.25. The van der Waals surface area contributed by atoms with Crippen LogP contribution >= 0.6 is 0 Å². The van der Waals surface area contributed by atoms with E-state index in [1.54, 1.807) is 0 Å². The van der Waals surface area contributed by atoms with Crippen LogP contribution in [0.3, 0.4) is 0 Å². The number of hydrogen-bond acceptors (Lipinski definition) is 3. The van der Waals surface area contributed by atoms with E-state index >= 15 is 0 Å². The number of amides is 1. The highest BCUT2D eigenvalue weighted by atomic mass is 32.2. The Hall–Kier alpha value is -2.64. The largest absolute Gasteiger partial charge is 0.348 e. The molecule has 1 amide bonds. The molecule has 0 radical (unpaired) electrons. The maximum Gasteiger partial charge on any atom is 0.255 e. The lowest BCUT2D eigenvalue weighted by Gasteiger charge is -2.08. The lowest BCUT2D eigenvalue weighted by molar-refractivity contribution is 0.102. The third-order valence-electron chi connectivity index (χ3n) is 4.70. The minimum absolute atomic E-state index is 0.0514. The predicted octanol–water partition coefficient (Wildman–Crippen LogP) is 3.35. The van der Waals surface area contributed by atoms with E-state index in [-0.39, 0.29) is 16.8 Å². The van der Waals surface area contributed by atoms with E-state index in [2.05, 4.69) is 21.5 Å². The van der Waals surface area contributed by atoms with Crippen molar-refractivity contribution in [3.63, 3.8) is 0 Å². The average Bonchev–Trinajstić information content (AvgIpc) is 3.37. The summed E-state index contributed by atoms with van der Waals surface area (Å²) in [7, 11) is -3.51. The highest BCUT2D eigenvalue weighted by Crippen LogP contribution is 2.23. The van der Waals surface area contributed by atoms with Crippen LogP contribution in [0.1, 0.15) is 30.1 Å². The van der Waals surface area contributed by atoms with Gasteiger partial charge in [0.15, 0.2) is 0 Å². The molecule has 4 rings (SSSR count). The van der Waals surface area contributed by atoms with Gasteiger partial charge in [-0.3, -0.25) is 4.79 Å². The number of carbonyl (C=O) groups excluding carboxylic acids is 1. The topological polar surface area (TPSA) is 80.2 Å². The van der Waals surface area contributed by atoms with Gasteiger partial charge in [0.1, 0.15) is 0 Å². The molecular weight excluding hydrogens is 362 g/mol. The maximum atomic E-state index is 12.5. The summed E-state index contributed by atoms with van der Waals surface area (Å²) in [5, 5.41) is 3.92. The third kappa shape index (κ3) is 3.74. The molecule has 0 saturated heterocycles. The zero-order valence-electron chi connectivity index (χ0n) is 15.0. The van der Waals surface area contributed by atoms with Crippen molar-refractivity contribution in [2.45, 2.75) is 37.2 Å². The molecule has 1 aliphatic carbocycles. The van der Waals surface area contributed by atoms with Crippen LogP contribution in [0.15, 0.2) is 59.6 Å². The van der Waals surface area contributed by atoms with Gasteiger partial charge in [0.25, 0.3) is 5.91 Å². The molecule has 1 fully saturated rings. The molecule has 1 saturated carbocycles. The molecule has 2 aromatic carbocycles. The number of hydrogen-bond donors (Lipinski definition) is 2. The summed E-state index contributed by atoms with van der Waals surface area (Å²) in [6.45, 7) is 2.97. The van der Waals surface area contributed by atoms with Crippen molar-refractivity contribution in [2.24, 2.45) is 0 Å². The standard InChI is InChI=1S/C20H21N3O3S/c1-2-23-12-11-15-13-17(7-10-19(15)23)21-20(24)14-3-8-18(9-4-14)27(25,26)22-16-5-6-16/h3-4,7-13,16,22H,2,5-6H2,1H3,(H,21,24). The second kappa shape index (κ2) is 6.83. The molecule has 0 atom stereocenters. The molecule has 0 unspecified atom stereocenters. The average molecular weight is 383 g/mol. The van der Waals surface area contributed by atoms with Crippen molar-refractivity contribution in [2.75, 3.05) is 5.32 Å². The normalized spacial score (nSPS) is 14.4. The van der Waals surface area contributed by atoms with Crippen molar-refractivity contribution in [1.82, 2.24) is 9.29 Å². The first kappa shape index (κ1) is 17.8. The van der Waals surface area contributed by atoms with Crippen molar-refractivity contribution in [3.05, 3.63) is 60.3 Å². The molecule has 140 valence electrons. The first-order valence-corrected chi connectivity index (χ1v) is 10.5. The molecule has 0 bridgehead atoms. The zero-order valence-corrected chi connectivity index (χ0v) is 15.8. The number of nitrogens with zero attached hydrogens (tertiary/aromatic N) is 1. The molecule has 1 aromatic heterocycles. The van der Waals surface area contributed by atoms with Crippen molar-refractivity contribution >= 4 is 32.5 Å². The van der Waals surface area contributed by atoms with Gasteiger partial charge in [-0.1, -0.05) is 0 Å². The minimum atomic E-state index is -3.51. The molecule has 0 spiro atoms. The van der Waals surface area contributed by atoms with Gasteiger partial charge in [0.05, 0.1) is 4.90 Å². The predicted molar refractivity (Wildman–Crippen MR) is 105 cm³/mol. The number of aryl methyl sites for hydroxylation is 1. The fraction of sp³-hybridized carbons (Fsp3) is 0.250. The number of fused-ring (bicyclic) bond motifs is 1. The number of carbonyl (C=O) groups is 1. The molecule has 7 heteroatoms. The van der Waals surface area contributed by atoms with Gasteiger partial charge in [-0.15, -0.1) is 0 Å². The van der Waals surface area contributed by atoms with E-state index in [0.717, 1.165) is 30.3 Å². The highest BCUT2D eigenvalue weighted by molar-refractivity contribution is 7.89. The lowest BCUT2D eigenvalue weighted by atomic mass is 10.2. The molecule has 1 heterocycles. The number of sulfonamides is 1. The molecule has 6 nitrogen and oxygen atoms in total. The Kier molecular flexibility index (Phi) is 4.49. The quantitative estimate of drug-likeness (QED) is 0.685. The van der Waals surface area contributed by atoms with Crippen LogP contribution in [-0.4, -0.2) is 24.9 Å². The van der Waals surface area contributed by atoms with Crippen LogP contribution in [0.5, 0.6) is 0 Å². The SMILES string of the molecule is CCn1ccc2cc(NC(=O)c3ccc(S(=O)(=O)NC4CC4)cc3)ccc21. The summed E-state index contributed by atoms with van der Waals surface area (Å²) in [4.78, 5) is 12.7. The summed E-state index contributed by atoms with van der Waals surface area (Å²) in [6.07, 6.45) is 3.78. The van der Waals surface area contributed by atoms with Gasteiger partial charge in [0, 0.05) is 40.9 Å². The van der Waals surface area contributed by atoms with Crippen LogP contribution in [-0.2, 0) is 16.6 Å². The van der Waals surface area contributed by atoms with Crippen LogP contribution in [0.4, 0.5) is 5.69 Å². The van der Waals surface area contributed by atoms with Crippen LogP contribution in [0.25, 0.3) is 10.9 Å². The summed E-state index contributed by atoms with van der Waals surface area (Å²) in [6, 6.07) is 13.8. The number of nitrogens with one attached hydrogen (secondary N) is 2. The number of benzene rings is 2. The first-order valence-electron chi connectivity index (χ1n) is 8.99. The van der Waals surface area contributed by atoms with Crippen LogP contribution < -0.4 is 10.0 Å². The van der Waals surface area contributed by atoms with E-state index in [1.807, 2.05) is 30.5 Å². The number of aromatic nitrogens is 1. The third-order valence-corrected chi connectivity index (χ3v) is 6.23. The molecule has 3 aromatic rings. The summed E-state index contributed by atoms with van der Waals surface area (Å²) < 4.78 is 29.1. The van der Waals surface area contributed by atoms with Gasteiger partial charge >= 0.3 is 0 Å². The fourth-order valence-corrected chi connectivity index (χ4v) is 4.34. The van der Waals surface area contributed by atoms with Gasteiger partial charge in [-0.25, -0.2) is 13.1 Å². The second-order valence-corrected chi connectivity index (χ2v) is 8.46. The maximum absolute atomic E-state index is 12.5. The Bertz CT molecular complexity index is 1100. The Labute approximate surface area is 158 Å². The second-order valence-electron chi connectivity index (χ2n) is 6.75. The van der Waals surface area contributed by atoms with E-state index in [4.69, 9.17) is 0 Å². The molecule has 27 heavy (non-hydrogen) atoms. The van der Waals surface area contributed by atoms with E-state index < -0.39 is 10.0 Å². The first-order chi connectivity index (χ1) is 13.0. The zero-order chi connectivity index (χ0) is 19.0. The van der Waals surface area contributed by atoms with E-state index in [9.17, 15) is 13.2 Å². The molecular formula is C20H21N3O3S.